The van der Waals surface area contributed by atoms with Crippen LogP contribution in [0, 0.1) is 0 Å². The Morgan fingerprint density at radius 2 is 1.88 bits per heavy atom. The summed E-state index contributed by atoms with van der Waals surface area (Å²) in [5.74, 6) is 1.38. The van der Waals surface area contributed by atoms with Crippen LogP contribution in [0.3, 0.4) is 0 Å². The van der Waals surface area contributed by atoms with E-state index < -0.39 is 0 Å². The lowest BCUT2D eigenvalue weighted by Crippen LogP contribution is -2.34. The highest BCUT2D eigenvalue weighted by Crippen LogP contribution is 2.34. The van der Waals surface area contributed by atoms with Crippen molar-refractivity contribution in [2.75, 3.05) is 30.4 Å². The van der Waals surface area contributed by atoms with Gasteiger partial charge in [-0.1, -0.05) is 30.3 Å². The van der Waals surface area contributed by atoms with E-state index in [1.165, 1.54) is 0 Å². The molecule has 2 amide bonds. The fourth-order valence-electron chi connectivity index (χ4n) is 4.58. The maximum Gasteiger partial charge on any atom is 0.257 e. The number of carbonyl (C=O) groups excluding carboxylic acids is 2. The van der Waals surface area contributed by atoms with Gasteiger partial charge in [-0.3, -0.25) is 9.59 Å². The van der Waals surface area contributed by atoms with Crippen molar-refractivity contribution in [3.63, 3.8) is 0 Å². The van der Waals surface area contributed by atoms with Crippen molar-refractivity contribution in [2.45, 2.75) is 13.0 Å². The number of aromatic nitrogens is 2. The maximum atomic E-state index is 12.9. The molecule has 0 aliphatic carbocycles. The van der Waals surface area contributed by atoms with Gasteiger partial charge < -0.3 is 15.1 Å². The summed E-state index contributed by atoms with van der Waals surface area (Å²) in [5, 5.41) is 9.41. The molecule has 0 unspecified atom stereocenters. The maximum absolute atomic E-state index is 12.9. The number of fused-ring (bicyclic) bond motifs is 2. The van der Waals surface area contributed by atoms with Crippen LogP contribution in [0.15, 0.2) is 66.0 Å². The van der Waals surface area contributed by atoms with Gasteiger partial charge in [0.2, 0.25) is 0 Å². The summed E-state index contributed by atoms with van der Waals surface area (Å²) in [7, 11) is 1.84. The molecule has 4 heterocycles. The standard InChI is InChI=1S/C26H23N5O2S/c1-29-10-9-18-13-20(7-8-21(18)26(29)33)30-11-12-31-24(30)15-23(28-31)27-25(32)19-14-22(34-16-19)17-5-3-2-4-6-17/h2-8,13-16H,9-12H2,1H3,(H,27,28,32). The van der Waals surface area contributed by atoms with E-state index in [2.05, 4.69) is 21.4 Å². The second kappa shape index (κ2) is 8.14. The summed E-state index contributed by atoms with van der Waals surface area (Å²) in [6.07, 6.45) is 0.853. The van der Waals surface area contributed by atoms with E-state index >= 15 is 0 Å². The first kappa shape index (κ1) is 20.7. The Morgan fingerprint density at radius 3 is 2.74 bits per heavy atom. The molecule has 0 saturated carbocycles. The van der Waals surface area contributed by atoms with E-state index in [9.17, 15) is 9.59 Å². The third kappa shape index (κ3) is 3.56. The molecule has 0 atom stereocenters. The van der Waals surface area contributed by atoms with E-state index in [1.54, 1.807) is 16.2 Å². The minimum atomic E-state index is -0.168. The van der Waals surface area contributed by atoms with Gasteiger partial charge in [-0.15, -0.1) is 11.3 Å². The fourth-order valence-corrected chi connectivity index (χ4v) is 5.47. The van der Waals surface area contributed by atoms with Gasteiger partial charge in [0.05, 0.1) is 12.1 Å². The van der Waals surface area contributed by atoms with Crippen LogP contribution >= 0.6 is 11.3 Å². The van der Waals surface area contributed by atoms with Gasteiger partial charge >= 0.3 is 0 Å². The zero-order chi connectivity index (χ0) is 23.2. The van der Waals surface area contributed by atoms with Gasteiger partial charge in [-0.05, 0) is 41.8 Å². The largest absolute Gasteiger partial charge is 0.341 e. The van der Waals surface area contributed by atoms with E-state index in [0.717, 1.165) is 59.1 Å². The van der Waals surface area contributed by atoms with Crippen molar-refractivity contribution < 1.29 is 9.59 Å². The highest BCUT2D eigenvalue weighted by Gasteiger charge is 2.27. The second-order valence-corrected chi connectivity index (χ2v) is 9.51. The van der Waals surface area contributed by atoms with Crippen molar-refractivity contribution in [2.24, 2.45) is 0 Å². The molecular weight excluding hydrogens is 446 g/mol. The molecule has 4 aromatic rings. The summed E-state index contributed by atoms with van der Waals surface area (Å²) in [5.41, 5.74) is 4.63. The number of benzene rings is 2. The minimum absolute atomic E-state index is 0.0770. The van der Waals surface area contributed by atoms with Crippen LogP contribution in [0.1, 0.15) is 26.3 Å². The van der Waals surface area contributed by atoms with Crippen LogP contribution in [0.2, 0.25) is 0 Å². The molecular formula is C26H23N5O2S. The molecule has 0 saturated heterocycles. The predicted molar refractivity (Wildman–Crippen MR) is 134 cm³/mol. The fraction of sp³-hybridized carbons (Fsp3) is 0.192. The molecule has 34 heavy (non-hydrogen) atoms. The van der Waals surface area contributed by atoms with E-state index in [4.69, 9.17) is 0 Å². The molecule has 0 bridgehead atoms. The molecule has 2 aromatic carbocycles. The molecule has 2 aromatic heterocycles. The van der Waals surface area contributed by atoms with E-state index in [0.29, 0.717) is 11.4 Å². The lowest BCUT2D eigenvalue weighted by molar-refractivity contribution is 0.0780. The van der Waals surface area contributed by atoms with E-state index in [1.807, 2.05) is 71.7 Å². The molecule has 0 fully saturated rings. The van der Waals surface area contributed by atoms with Crippen LogP contribution in [-0.2, 0) is 13.0 Å². The SMILES string of the molecule is CN1CCc2cc(N3CCn4nc(NC(=O)c5csc(-c6ccccc6)c5)cc43)ccc2C1=O. The molecule has 8 heteroatoms. The van der Waals surface area contributed by atoms with Gasteiger partial charge in [0.15, 0.2) is 5.82 Å². The molecule has 170 valence electrons. The average Bonchev–Trinajstić information content (AvgIpc) is 3.58. The van der Waals surface area contributed by atoms with Gasteiger partial charge in [0.1, 0.15) is 5.82 Å². The number of thiophene rings is 1. The molecule has 0 radical (unpaired) electrons. The number of amides is 2. The normalized spacial score (nSPS) is 14.8. The number of anilines is 3. The lowest BCUT2D eigenvalue weighted by Gasteiger charge is -2.26. The topological polar surface area (TPSA) is 70.5 Å². The third-order valence-corrected chi connectivity index (χ3v) is 7.41. The Morgan fingerprint density at radius 1 is 1.03 bits per heavy atom. The van der Waals surface area contributed by atoms with Crippen LogP contribution in [-0.4, -0.2) is 46.6 Å². The van der Waals surface area contributed by atoms with Crippen molar-refractivity contribution in [1.29, 1.82) is 0 Å². The van der Waals surface area contributed by atoms with Crippen molar-refractivity contribution >= 4 is 40.5 Å². The summed E-state index contributed by atoms with van der Waals surface area (Å²) in [6, 6.07) is 19.9. The molecule has 2 aliphatic rings. The summed E-state index contributed by atoms with van der Waals surface area (Å²) >= 11 is 1.55. The van der Waals surface area contributed by atoms with Crippen LogP contribution in [0.4, 0.5) is 17.3 Å². The van der Waals surface area contributed by atoms with Crippen molar-refractivity contribution in [1.82, 2.24) is 14.7 Å². The summed E-state index contributed by atoms with van der Waals surface area (Å²) < 4.78 is 1.91. The highest BCUT2D eigenvalue weighted by molar-refractivity contribution is 7.13. The number of carbonyl (C=O) groups is 2. The number of likely N-dealkylation sites (N-methyl/N-ethyl adjacent to an activating group) is 1. The number of rotatable bonds is 4. The van der Waals surface area contributed by atoms with Crippen molar-refractivity contribution in [3.05, 3.63) is 82.7 Å². The summed E-state index contributed by atoms with van der Waals surface area (Å²) in [6.45, 7) is 2.27. The lowest BCUT2D eigenvalue weighted by atomic mass is 9.98. The Kier molecular flexibility index (Phi) is 4.95. The number of hydrogen-bond acceptors (Lipinski definition) is 5. The van der Waals surface area contributed by atoms with Gasteiger partial charge in [-0.25, -0.2) is 4.68 Å². The third-order valence-electron chi connectivity index (χ3n) is 6.43. The first-order valence-corrected chi connectivity index (χ1v) is 12.1. The quantitative estimate of drug-likeness (QED) is 0.473. The van der Waals surface area contributed by atoms with Crippen LogP contribution in [0.25, 0.3) is 10.4 Å². The Hall–Kier alpha value is -3.91. The smallest absolute Gasteiger partial charge is 0.257 e. The van der Waals surface area contributed by atoms with Crippen LogP contribution in [0.5, 0.6) is 0 Å². The first-order valence-electron chi connectivity index (χ1n) is 11.3. The molecule has 6 rings (SSSR count). The summed E-state index contributed by atoms with van der Waals surface area (Å²) in [4.78, 5) is 30.3. The Balaban J connectivity index is 1.20. The number of hydrogen-bond donors (Lipinski definition) is 1. The molecule has 2 aliphatic heterocycles. The van der Waals surface area contributed by atoms with E-state index in [-0.39, 0.29) is 11.8 Å². The molecule has 7 nitrogen and oxygen atoms in total. The zero-order valence-corrected chi connectivity index (χ0v) is 19.5. The zero-order valence-electron chi connectivity index (χ0n) is 18.7. The van der Waals surface area contributed by atoms with Crippen molar-refractivity contribution in [3.8, 4) is 10.4 Å². The highest BCUT2D eigenvalue weighted by atomic mass is 32.1. The monoisotopic (exact) mass is 469 g/mol. The molecule has 1 N–H and O–H groups in total. The Bertz CT molecular complexity index is 1410. The van der Waals surface area contributed by atoms with Gasteiger partial charge in [0, 0.05) is 47.7 Å². The van der Waals surface area contributed by atoms with Gasteiger partial charge in [0.25, 0.3) is 11.8 Å². The minimum Gasteiger partial charge on any atom is -0.341 e. The molecule has 0 spiro atoms. The van der Waals surface area contributed by atoms with Crippen LogP contribution < -0.4 is 10.2 Å². The average molecular weight is 470 g/mol. The first-order chi connectivity index (χ1) is 16.6. The van der Waals surface area contributed by atoms with Gasteiger partial charge in [-0.2, -0.15) is 5.10 Å². The second-order valence-electron chi connectivity index (χ2n) is 8.60. The number of nitrogens with zero attached hydrogens (tertiary/aromatic N) is 4. The Labute approximate surface area is 201 Å². The predicted octanol–water partition coefficient (Wildman–Crippen LogP) is 4.64. The number of nitrogens with one attached hydrogen (secondary N) is 1.